The Hall–Kier alpha value is -2.09. The minimum absolute atomic E-state index is 0.620. The molecule has 0 bridgehead atoms. The average molecular weight is 240 g/mol. The summed E-state index contributed by atoms with van der Waals surface area (Å²) >= 11 is 0. The fourth-order valence-corrected chi connectivity index (χ4v) is 1.89. The van der Waals surface area contributed by atoms with E-state index in [2.05, 4.69) is 13.0 Å². The van der Waals surface area contributed by atoms with Crippen LogP contribution in [0, 0.1) is 20.8 Å². The molecule has 92 valence electrons. The number of hydrogen-bond donors (Lipinski definition) is 0. The number of carbonyl (C=O) groups is 1. The summed E-state index contributed by atoms with van der Waals surface area (Å²) in [7, 11) is 0. The van der Waals surface area contributed by atoms with Crippen LogP contribution in [0.25, 0.3) is 0 Å². The molecule has 0 aliphatic heterocycles. The zero-order valence-corrected chi connectivity index (χ0v) is 10.9. The minimum Gasteiger partial charge on any atom is -0.457 e. The second-order valence-corrected chi connectivity index (χ2v) is 4.50. The van der Waals surface area contributed by atoms with Gasteiger partial charge in [-0.3, -0.25) is 4.79 Å². The van der Waals surface area contributed by atoms with Gasteiger partial charge in [0.15, 0.2) is 0 Å². The standard InChI is InChI=1S/C16H16O2/c1-11-7-12(2)13(3)16(8-11)18-15-6-4-5-14(9-15)10-17/h4-10H,1-3H3. The van der Waals surface area contributed by atoms with Crippen LogP contribution in [0.2, 0.25) is 0 Å². The second kappa shape index (κ2) is 5.05. The highest BCUT2D eigenvalue weighted by atomic mass is 16.5. The van der Waals surface area contributed by atoms with Crippen LogP contribution < -0.4 is 4.74 Å². The molecular formula is C16H16O2. The van der Waals surface area contributed by atoms with E-state index >= 15 is 0 Å². The summed E-state index contributed by atoms with van der Waals surface area (Å²) in [5.74, 6) is 1.53. The van der Waals surface area contributed by atoms with Gasteiger partial charge in [-0.15, -0.1) is 0 Å². The molecule has 0 atom stereocenters. The van der Waals surface area contributed by atoms with Gasteiger partial charge in [0.25, 0.3) is 0 Å². The molecule has 0 aromatic heterocycles. The molecule has 0 radical (unpaired) electrons. The molecule has 0 unspecified atom stereocenters. The maximum Gasteiger partial charge on any atom is 0.150 e. The van der Waals surface area contributed by atoms with E-state index in [-0.39, 0.29) is 0 Å². The van der Waals surface area contributed by atoms with Gasteiger partial charge >= 0.3 is 0 Å². The van der Waals surface area contributed by atoms with Gasteiger partial charge in [0.1, 0.15) is 17.8 Å². The van der Waals surface area contributed by atoms with E-state index in [1.165, 1.54) is 11.1 Å². The van der Waals surface area contributed by atoms with Crippen molar-refractivity contribution in [2.24, 2.45) is 0 Å². The van der Waals surface area contributed by atoms with Crippen LogP contribution in [-0.4, -0.2) is 6.29 Å². The summed E-state index contributed by atoms with van der Waals surface area (Å²) in [5, 5.41) is 0. The van der Waals surface area contributed by atoms with Crippen LogP contribution in [0.3, 0.4) is 0 Å². The summed E-state index contributed by atoms with van der Waals surface area (Å²) in [6, 6.07) is 11.3. The van der Waals surface area contributed by atoms with E-state index in [0.29, 0.717) is 11.3 Å². The molecule has 2 aromatic rings. The third-order valence-electron chi connectivity index (χ3n) is 2.99. The Morgan fingerprint density at radius 3 is 2.56 bits per heavy atom. The third-order valence-corrected chi connectivity index (χ3v) is 2.99. The normalized spacial score (nSPS) is 10.2. The lowest BCUT2D eigenvalue weighted by Gasteiger charge is -2.12. The first-order chi connectivity index (χ1) is 8.60. The van der Waals surface area contributed by atoms with E-state index in [9.17, 15) is 4.79 Å². The van der Waals surface area contributed by atoms with E-state index in [1.54, 1.807) is 12.1 Å². The molecule has 2 rings (SSSR count). The van der Waals surface area contributed by atoms with Gasteiger partial charge in [-0.2, -0.15) is 0 Å². The third kappa shape index (κ3) is 2.59. The molecule has 0 saturated carbocycles. The number of aldehydes is 1. The molecule has 0 N–H and O–H groups in total. The molecule has 0 aliphatic carbocycles. The molecule has 18 heavy (non-hydrogen) atoms. The monoisotopic (exact) mass is 240 g/mol. The van der Waals surface area contributed by atoms with Crippen molar-refractivity contribution in [2.75, 3.05) is 0 Å². The number of aryl methyl sites for hydroxylation is 2. The molecule has 0 fully saturated rings. The quantitative estimate of drug-likeness (QED) is 0.751. The van der Waals surface area contributed by atoms with Crippen molar-refractivity contribution in [2.45, 2.75) is 20.8 Å². The minimum atomic E-state index is 0.620. The first kappa shape index (κ1) is 12.4. The Morgan fingerprint density at radius 2 is 1.83 bits per heavy atom. The maximum atomic E-state index is 10.7. The number of rotatable bonds is 3. The van der Waals surface area contributed by atoms with Crippen LogP contribution in [-0.2, 0) is 0 Å². The van der Waals surface area contributed by atoms with E-state index in [4.69, 9.17) is 4.74 Å². The second-order valence-electron chi connectivity index (χ2n) is 4.50. The van der Waals surface area contributed by atoms with Crippen LogP contribution in [0.1, 0.15) is 27.0 Å². The molecule has 0 aliphatic rings. The largest absolute Gasteiger partial charge is 0.457 e. The highest BCUT2D eigenvalue weighted by Crippen LogP contribution is 2.28. The van der Waals surface area contributed by atoms with Crippen molar-refractivity contribution in [1.82, 2.24) is 0 Å². The molecular weight excluding hydrogens is 224 g/mol. The van der Waals surface area contributed by atoms with Crippen molar-refractivity contribution >= 4 is 6.29 Å². The number of ether oxygens (including phenoxy) is 1. The molecule has 0 amide bonds. The van der Waals surface area contributed by atoms with Crippen molar-refractivity contribution < 1.29 is 9.53 Å². The lowest BCUT2D eigenvalue weighted by molar-refractivity contribution is 0.112. The van der Waals surface area contributed by atoms with Crippen LogP contribution in [0.15, 0.2) is 36.4 Å². The Balaban J connectivity index is 2.36. The van der Waals surface area contributed by atoms with Gasteiger partial charge in [-0.05, 0) is 55.7 Å². The highest BCUT2D eigenvalue weighted by Gasteiger charge is 2.05. The van der Waals surface area contributed by atoms with Crippen molar-refractivity contribution in [3.05, 3.63) is 58.7 Å². The van der Waals surface area contributed by atoms with Crippen LogP contribution in [0.5, 0.6) is 11.5 Å². The first-order valence-corrected chi connectivity index (χ1v) is 5.91. The van der Waals surface area contributed by atoms with Gasteiger partial charge in [0.05, 0.1) is 0 Å². The summed E-state index contributed by atoms with van der Waals surface area (Å²) in [4.78, 5) is 10.7. The average Bonchev–Trinajstić information content (AvgIpc) is 2.35. The fraction of sp³-hybridized carbons (Fsp3) is 0.188. The Labute approximate surface area is 107 Å². The van der Waals surface area contributed by atoms with Crippen LogP contribution >= 0.6 is 0 Å². The van der Waals surface area contributed by atoms with Gasteiger partial charge in [0.2, 0.25) is 0 Å². The van der Waals surface area contributed by atoms with Gasteiger partial charge in [-0.25, -0.2) is 0 Å². The molecule has 0 spiro atoms. The van der Waals surface area contributed by atoms with Gasteiger partial charge in [-0.1, -0.05) is 18.2 Å². The molecule has 0 saturated heterocycles. The Morgan fingerprint density at radius 1 is 1.06 bits per heavy atom. The lowest BCUT2D eigenvalue weighted by Crippen LogP contribution is -1.92. The summed E-state index contributed by atoms with van der Waals surface area (Å²) in [6.07, 6.45) is 0.821. The zero-order valence-electron chi connectivity index (χ0n) is 10.9. The maximum absolute atomic E-state index is 10.7. The molecule has 2 aromatic carbocycles. The van der Waals surface area contributed by atoms with E-state index in [1.807, 2.05) is 32.0 Å². The predicted molar refractivity (Wildman–Crippen MR) is 72.6 cm³/mol. The Bertz CT molecular complexity index is 586. The topological polar surface area (TPSA) is 26.3 Å². The van der Waals surface area contributed by atoms with Gasteiger partial charge in [0, 0.05) is 5.56 Å². The van der Waals surface area contributed by atoms with Crippen molar-refractivity contribution in [3.8, 4) is 11.5 Å². The van der Waals surface area contributed by atoms with Crippen molar-refractivity contribution in [3.63, 3.8) is 0 Å². The summed E-state index contributed by atoms with van der Waals surface area (Å²) in [5.41, 5.74) is 4.11. The first-order valence-electron chi connectivity index (χ1n) is 5.91. The Kier molecular flexibility index (Phi) is 3.47. The molecule has 2 nitrogen and oxygen atoms in total. The predicted octanol–water partition coefficient (Wildman–Crippen LogP) is 4.22. The smallest absolute Gasteiger partial charge is 0.150 e. The lowest BCUT2D eigenvalue weighted by atomic mass is 10.1. The SMILES string of the molecule is Cc1cc(C)c(C)c(Oc2cccc(C=O)c2)c1. The van der Waals surface area contributed by atoms with Crippen molar-refractivity contribution in [1.29, 1.82) is 0 Å². The highest BCUT2D eigenvalue weighted by molar-refractivity contribution is 5.75. The van der Waals surface area contributed by atoms with Gasteiger partial charge < -0.3 is 4.74 Å². The van der Waals surface area contributed by atoms with Crippen LogP contribution in [0.4, 0.5) is 0 Å². The summed E-state index contributed by atoms with van der Waals surface area (Å²) in [6.45, 7) is 6.14. The number of benzene rings is 2. The number of hydrogen-bond acceptors (Lipinski definition) is 2. The fourth-order valence-electron chi connectivity index (χ4n) is 1.89. The van der Waals surface area contributed by atoms with E-state index in [0.717, 1.165) is 17.6 Å². The zero-order chi connectivity index (χ0) is 13.1. The molecule has 0 heterocycles. The number of carbonyl (C=O) groups excluding carboxylic acids is 1. The molecule has 2 heteroatoms. The van der Waals surface area contributed by atoms with E-state index < -0.39 is 0 Å². The summed E-state index contributed by atoms with van der Waals surface area (Å²) < 4.78 is 5.85.